The highest BCUT2D eigenvalue weighted by Gasteiger charge is 2.50. The normalized spacial score (nSPS) is 17.1. The third-order valence-electron chi connectivity index (χ3n) is 14.0. The van der Waals surface area contributed by atoms with Gasteiger partial charge >= 0.3 is 5.97 Å². The molecule has 4 aromatic rings. The van der Waals surface area contributed by atoms with Crippen molar-refractivity contribution < 1.29 is 65.2 Å². The van der Waals surface area contributed by atoms with E-state index in [1.165, 1.54) is 0 Å². The highest BCUT2D eigenvalue weighted by molar-refractivity contribution is 7.84. The van der Waals surface area contributed by atoms with Crippen LogP contribution in [0.25, 0.3) is 0 Å². The van der Waals surface area contributed by atoms with Gasteiger partial charge in [0.05, 0.1) is 48.2 Å². The molecule has 3 aromatic carbocycles. The van der Waals surface area contributed by atoms with E-state index < -0.39 is 45.5 Å². The molecule has 2 amide bonds. The number of hydrogen-bond acceptors (Lipinski definition) is 15. The summed E-state index contributed by atoms with van der Waals surface area (Å²) in [5.74, 6) is -2.52. The number of ketones is 3. The van der Waals surface area contributed by atoms with Gasteiger partial charge in [0, 0.05) is 42.9 Å². The van der Waals surface area contributed by atoms with Crippen molar-refractivity contribution in [3.63, 3.8) is 0 Å². The van der Waals surface area contributed by atoms with Gasteiger partial charge in [-0.3, -0.25) is 28.8 Å². The van der Waals surface area contributed by atoms with Crippen molar-refractivity contribution in [1.29, 1.82) is 0 Å². The third-order valence-corrected chi connectivity index (χ3v) is 14.0. The fourth-order valence-corrected chi connectivity index (χ4v) is 9.69. The van der Waals surface area contributed by atoms with Gasteiger partial charge in [-0.1, -0.05) is 116 Å². The van der Waals surface area contributed by atoms with E-state index in [1.807, 2.05) is 100 Å². The summed E-state index contributed by atoms with van der Waals surface area (Å²) in [5, 5.41) is 16.7. The molecule has 1 aromatic heterocycles. The molecule has 3 heterocycles. The molecular formula is C60H86N6O13S. The highest BCUT2D eigenvalue weighted by atomic mass is 32.2. The van der Waals surface area contributed by atoms with Crippen LogP contribution in [0.15, 0.2) is 85.1 Å². The molecular weight excluding hydrogens is 1040 g/mol. The van der Waals surface area contributed by atoms with Crippen molar-refractivity contribution in [1.82, 2.24) is 26.0 Å². The number of aryl methyl sites for hydroxylation is 1. The largest absolute Gasteiger partial charge is 0.748 e. The van der Waals surface area contributed by atoms with E-state index in [1.54, 1.807) is 19.2 Å². The van der Waals surface area contributed by atoms with Crippen molar-refractivity contribution in [3.8, 4) is 11.5 Å². The predicted octanol–water partition coefficient (Wildman–Crippen LogP) is 7.46. The Morgan fingerprint density at radius 3 is 2.00 bits per heavy atom. The van der Waals surface area contributed by atoms with Crippen LogP contribution in [0, 0.1) is 23.7 Å². The fourth-order valence-electron chi connectivity index (χ4n) is 9.69. The average Bonchev–Trinajstić information content (AvgIpc) is 3.92. The minimum absolute atomic E-state index is 0. The van der Waals surface area contributed by atoms with Crippen LogP contribution < -0.4 is 20.1 Å². The number of aromatic amines is 1. The number of nitrogens with zero attached hydrogens (tertiary/aromatic N) is 3. The number of aromatic nitrogens is 3. The highest BCUT2D eigenvalue weighted by Crippen LogP contribution is 2.33. The van der Waals surface area contributed by atoms with Crippen molar-refractivity contribution in [2.45, 2.75) is 150 Å². The lowest BCUT2D eigenvalue weighted by molar-refractivity contribution is -0.940. The van der Waals surface area contributed by atoms with Crippen molar-refractivity contribution >= 4 is 45.3 Å². The third kappa shape index (κ3) is 23.5. The molecule has 2 aliphatic heterocycles. The topological polar surface area (TPSA) is 265 Å². The molecule has 2 saturated heterocycles. The first kappa shape index (κ1) is 66.3. The summed E-state index contributed by atoms with van der Waals surface area (Å²) in [6.07, 6.45) is 6.75. The monoisotopic (exact) mass is 1130 g/mol. The number of morpholine rings is 1. The quantitative estimate of drug-likeness (QED) is 0.0107. The van der Waals surface area contributed by atoms with Crippen molar-refractivity contribution in [2.24, 2.45) is 23.7 Å². The summed E-state index contributed by atoms with van der Waals surface area (Å²) in [7, 11) is -3.92. The van der Waals surface area contributed by atoms with Gasteiger partial charge in [0.25, 0.3) is 0 Å². The van der Waals surface area contributed by atoms with Crippen LogP contribution in [0.1, 0.15) is 129 Å². The number of nitrogens with one attached hydrogen (secondary N) is 3. The van der Waals surface area contributed by atoms with Gasteiger partial charge in [0.2, 0.25) is 11.8 Å². The Labute approximate surface area is 473 Å². The standard InChI is InChI=1S/C58H78N6O10.CH4O3S.CH4/c1-7-8-11-20-54(67)74-52-24-22-44(32-53(52)72-38-47-35-59-63-62-47)36-64(25-27-71-28-26-64)37-48(65)33-45(23-21-42-16-12-9-13-17-42)56(69)60-49(29-40(2)3)51(66)34-46(31-43-18-14-10-15-19-43)57(70)61-50(30-41(4)5)55(68)58(6)39-73-58;1-5(2,3)4;/h9-10,12-19,22,24,32,35,40-41,45-46,49-50H,7-8,11,20-21,23,25-31,33-34,36-39H2,1-6H3,(H2-,59,60,61,62,63,69,70);1H3,(H,2,3,4);1H4/t45-,46-,49+,50+,58-;;/m1../s1. The number of esters is 1. The molecule has 0 radical (unpaired) electrons. The summed E-state index contributed by atoms with van der Waals surface area (Å²) in [6, 6.07) is 23.0. The van der Waals surface area contributed by atoms with Crippen LogP contribution in [-0.4, -0.2) is 131 Å². The first-order valence-electron chi connectivity index (χ1n) is 27.6. The van der Waals surface area contributed by atoms with Gasteiger partial charge in [0.15, 0.2) is 28.8 Å². The second kappa shape index (κ2) is 32.3. The number of rotatable bonds is 32. The Bertz CT molecular complexity index is 2690. The van der Waals surface area contributed by atoms with Gasteiger partial charge in [-0.15, -0.1) is 0 Å². The summed E-state index contributed by atoms with van der Waals surface area (Å²) in [6.45, 7) is 14.7. The number of ether oxygens (including phenoxy) is 4. The Hall–Kier alpha value is -6.19. The first-order valence-corrected chi connectivity index (χ1v) is 29.4. The molecule has 6 rings (SSSR count). The van der Waals surface area contributed by atoms with E-state index in [2.05, 4.69) is 33.0 Å². The Balaban J connectivity index is 0.00000219. The van der Waals surface area contributed by atoms with E-state index in [4.69, 9.17) is 31.9 Å². The van der Waals surface area contributed by atoms with Gasteiger partial charge in [-0.25, -0.2) is 8.42 Å². The number of hydrogen-bond donors (Lipinski definition) is 3. The number of epoxide rings is 1. The van der Waals surface area contributed by atoms with E-state index in [9.17, 15) is 28.8 Å². The molecule has 20 heteroatoms. The summed E-state index contributed by atoms with van der Waals surface area (Å²) < 4.78 is 50.9. The summed E-state index contributed by atoms with van der Waals surface area (Å²) in [4.78, 5) is 84.7. The number of unbranched alkanes of at least 4 members (excludes halogenated alkanes) is 2. The molecule has 0 aliphatic carbocycles. The van der Waals surface area contributed by atoms with Crippen LogP contribution in [-0.2, 0) is 74.4 Å². The van der Waals surface area contributed by atoms with E-state index in [-0.39, 0.29) is 87.3 Å². The second-order valence-electron chi connectivity index (χ2n) is 22.2. The summed E-state index contributed by atoms with van der Waals surface area (Å²) in [5.41, 5.74) is 2.37. The number of carbonyl (C=O) groups excluding carboxylic acids is 6. The zero-order valence-electron chi connectivity index (χ0n) is 47.0. The Morgan fingerprint density at radius 1 is 0.812 bits per heavy atom. The molecule has 0 spiro atoms. The SMILES string of the molecule is C.CCCCCC(=O)Oc1ccc(C[N+]2(CC(=O)C[C@@H](CCc3ccccc3)C(=O)N[C@@H](CC(C)C)C(=O)C[C@@H](Cc3ccccc3)C(=O)N[C@@H](CC(C)C)C(=O)[C@@]3(C)CO3)CCOCC2)cc1OCc1cn[nH]n1.CS(=O)(=O)[O-]. The van der Waals surface area contributed by atoms with Crippen LogP contribution in [0.5, 0.6) is 11.5 Å². The summed E-state index contributed by atoms with van der Waals surface area (Å²) >= 11 is 0. The number of carbonyl (C=O) groups is 6. The van der Waals surface area contributed by atoms with Gasteiger partial charge in [-0.05, 0) is 86.6 Å². The molecule has 19 nitrogen and oxygen atoms in total. The molecule has 80 heavy (non-hydrogen) atoms. The molecule has 2 aliphatic rings. The van der Waals surface area contributed by atoms with Crippen LogP contribution in [0.2, 0.25) is 0 Å². The minimum atomic E-state index is -3.92. The molecule has 0 unspecified atom stereocenters. The van der Waals surface area contributed by atoms with Crippen molar-refractivity contribution in [3.05, 3.63) is 107 Å². The van der Waals surface area contributed by atoms with Crippen molar-refractivity contribution in [2.75, 3.05) is 45.7 Å². The lowest BCUT2D eigenvalue weighted by atomic mass is 9.87. The zero-order valence-corrected chi connectivity index (χ0v) is 47.9. The number of H-pyrrole nitrogens is 1. The maximum atomic E-state index is 14.7. The predicted molar refractivity (Wildman–Crippen MR) is 302 cm³/mol. The number of benzene rings is 3. The van der Waals surface area contributed by atoms with Gasteiger partial charge < -0.3 is 38.6 Å². The van der Waals surface area contributed by atoms with E-state index in [0.717, 1.165) is 36.0 Å². The number of quaternary nitrogens is 1. The number of Topliss-reactive ketones (excluding diaryl/α,β-unsaturated/α-hetero) is 3. The van der Waals surface area contributed by atoms with E-state index >= 15 is 0 Å². The number of amides is 2. The molecule has 3 N–H and O–H groups in total. The molecule has 2 fully saturated rings. The van der Waals surface area contributed by atoms with Gasteiger partial charge in [-0.2, -0.15) is 15.4 Å². The fraction of sp³-hybridized carbons (Fsp3) is 0.567. The maximum Gasteiger partial charge on any atom is 0.311 e. The Kier molecular flexibility index (Phi) is 26.8. The average molecular weight is 1130 g/mol. The van der Waals surface area contributed by atoms with Crippen LogP contribution >= 0.6 is 0 Å². The molecule has 0 saturated carbocycles. The smallest absolute Gasteiger partial charge is 0.311 e. The lowest BCUT2D eigenvalue weighted by Crippen LogP contribution is -2.57. The Morgan fingerprint density at radius 2 is 1.41 bits per heavy atom. The lowest BCUT2D eigenvalue weighted by Gasteiger charge is -2.41. The van der Waals surface area contributed by atoms with E-state index in [0.29, 0.717) is 93.1 Å². The van der Waals surface area contributed by atoms with Crippen LogP contribution in [0.3, 0.4) is 0 Å². The maximum absolute atomic E-state index is 14.7. The molecule has 440 valence electrons. The molecule has 5 atom stereocenters. The second-order valence-corrected chi connectivity index (χ2v) is 23.6. The minimum Gasteiger partial charge on any atom is -0.748 e. The first-order chi connectivity index (χ1) is 37.5. The van der Waals surface area contributed by atoms with Crippen LogP contribution in [0.4, 0.5) is 0 Å². The van der Waals surface area contributed by atoms with Gasteiger partial charge in [0.1, 0.15) is 44.1 Å². The molecule has 0 bridgehead atoms. The zero-order chi connectivity index (χ0) is 57.6.